The van der Waals surface area contributed by atoms with Crippen molar-refractivity contribution in [1.82, 2.24) is 19.4 Å². The molecule has 0 saturated heterocycles. The monoisotopic (exact) mass is 379 g/mol. The summed E-state index contributed by atoms with van der Waals surface area (Å²) in [7, 11) is 0. The van der Waals surface area contributed by atoms with E-state index in [0.29, 0.717) is 0 Å². The predicted octanol–water partition coefficient (Wildman–Crippen LogP) is 4.52. The van der Waals surface area contributed by atoms with Crippen molar-refractivity contribution in [3.05, 3.63) is 52.7 Å². The Kier molecular flexibility index (Phi) is 4.23. The van der Waals surface area contributed by atoms with E-state index in [4.69, 9.17) is 4.98 Å². The zero-order valence-corrected chi connectivity index (χ0v) is 16.3. The van der Waals surface area contributed by atoms with Gasteiger partial charge in [-0.2, -0.15) is 0 Å². The third-order valence-corrected chi connectivity index (χ3v) is 5.12. The van der Waals surface area contributed by atoms with Crippen LogP contribution in [0, 0.1) is 11.8 Å². The van der Waals surface area contributed by atoms with E-state index in [0.717, 1.165) is 32.1 Å². The van der Waals surface area contributed by atoms with Crippen LogP contribution in [0.3, 0.4) is 0 Å². The van der Waals surface area contributed by atoms with Gasteiger partial charge in [-0.15, -0.1) is 22.7 Å². The quantitative estimate of drug-likeness (QED) is 0.520. The molecule has 7 heteroatoms. The summed E-state index contributed by atoms with van der Waals surface area (Å²) >= 11 is 3.15. The molecule has 26 heavy (non-hydrogen) atoms. The van der Waals surface area contributed by atoms with E-state index in [-0.39, 0.29) is 5.54 Å². The zero-order valence-electron chi connectivity index (χ0n) is 14.6. The minimum Gasteiger partial charge on any atom is -0.365 e. The second kappa shape index (κ2) is 6.56. The number of anilines is 1. The van der Waals surface area contributed by atoms with Crippen molar-refractivity contribution in [3.8, 4) is 22.5 Å². The number of hydrogen-bond acceptors (Lipinski definition) is 6. The summed E-state index contributed by atoms with van der Waals surface area (Å²) in [6.07, 6.45) is 5.56. The molecule has 0 atom stereocenters. The van der Waals surface area contributed by atoms with Crippen molar-refractivity contribution in [2.24, 2.45) is 0 Å². The first-order valence-corrected chi connectivity index (χ1v) is 9.82. The van der Waals surface area contributed by atoms with E-state index in [9.17, 15) is 0 Å². The number of thiazole rings is 2. The second-order valence-corrected chi connectivity index (χ2v) is 8.64. The minimum absolute atomic E-state index is 0.0779. The Bertz CT molecular complexity index is 1100. The first kappa shape index (κ1) is 16.8. The van der Waals surface area contributed by atoms with Crippen LogP contribution in [-0.2, 0) is 0 Å². The van der Waals surface area contributed by atoms with E-state index in [1.807, 2.05) is 29.8 Å². The maximum atomic E-state index is 4.77. The summed E-state index contributed by atoms with van der Waals surface area (Å²) in [4.78, 5) is 15.4. The molecule has 0 unspecified atom stereocenters. The Balaban J connectivity index is 1.71. The number of nitrogens with zero attached hydrogens (tertiary/aromatic N) is 4. The van der Waals surface area contributed by atoms with Crippen LogP contribution < -0.4 is 5.32 Å². The molecule has 0 aliphatic heterocycles. The average molecular weight is 380 g/mol. The first-order valence-electron chi connectivity index (χ1n) is 8.12. The highest BCUT2D eigenvalue weighted by Crippen LogP contribution is 2.34. The van der Waals surface area contributed by atoms with Gasteiger partial charge >= 0.3 is 0 Å². The minimum atomic E-state index is -0.0779. The van der Waals surface area contributed by atoms with E-state index >= 15 is 0 Å². The molecule has 1 N–H and O–H groups in total. The predicted molar refractivity (Wildman–Crippen MR) is 108 cm³/mol. The first-order chi connectivity index (χ1) is 12.5. The van der Waals surface area contributed by atoms with Crippen molar-refractivity contribution in [2.45, 2.75) is 26.3 Å². The fourth-order valence-electron chi connectivity index (χ4n) is 2.41. The molecule has 0 aliphatic rings. The maximum absolute atomic E-state index is 4.77. The van der Waals surface area contributed by atoms with Gasteiger partial charge in [-0.05, 0) is 44.7 Å². The summed E-state index contributed by atoms with van der Waals surface area (Å²) < 4.78 is 2.08. The zero-order chi connectivity index (χ0) is 18.1. The molecule has 4 heterocycles. The lowest BCUT2D eigenvalue weighted by Gasteiger charge is -2.21. The van der Waals surface area contributed by atoms with Gasteiger partial charge in [-0.3, -0.25) is 4.40 Å². The molecule has 4 aromatic rings. The molecule has 0 amide bonds. The number of imidazole rings is 1. The Morgan fingerprint density at radius 1 is 1.15 bits per heavy atom. The Morgan fingerprint density at radius 2 is 2.04 bits per heavy atom. The number of hydrogen-bond donors (Lipinski definition) is 1. The van der Waals surface area contributed by atoms with E-state index in [1.54, 1.807) is 35.1 Å². The van der Waals surface area contributed by atoms with Gasteiger partial charge in [0.05, 0.1) is 11.1 Å². The summed E-state index contributed by atoms with van der Waals surface area (Å²) in [5.41, 5.74) is 1.54. The van der Waals surface area contributed by atoms with Gasteiger partial charge in [0.15, 0.2) is 4.96 Å². The standard InChI is InChI=1S/C19H17N5S2/c1-19(2,3)23-16-15(22-18-24(16)10-11-25-18)17-21-12-14(26-17)8-7-13-6-4-5-9-20-13/h4-6,9-12,23H,1-3H3. The SMILES string of the molecule is CC(C)(C)Nc1c(-c2ncc(C#Cc3ccccn3)s2)nc2sccn12. The summed E-state index contributed by atoms with van der Waals surface area (Å²) in [6.45, 7) is 6.40. The van der Waals surface area contributed by atoms with Crippen molar-refractivity contribution < 1.29 is 0 Å². The lowest BCUT2D eigenvalue weighted by molar-refractivity contribution is 0.630. The van der Waals surface area contributed by atoms with Crippen molar-refractivity contribution in [2.75, 3.05) is 5.32 Å². The normalized spacial score (nSPS) is 11.3. The number of aromatic nitrogens is 4. The van der Waals surface area contributed by atoms with Crippen LogP contribution in [0.4, 0.5) is 5.82 Å². The summed E-state index contributed by atoms with van der Waals surface area (Å²) in [5, 5.41) is 6.44. The Hall–Kier alpha value is -2.69. The molecular weight excluding hydrogens is 362 g/mol. The molecule has 4 rings (SSSR count). The van der Waals surface area contributed by atoms with Gasteiger partial charge < -0.3 is 5.32 Å². The fraction of sp³-hybridized carbons (Fsp3) is 0.211. The molecular formula is C19H17N5S2. The molecule has 0 aromatic carbocycles. The number of pyridine rings is 1. The third kappa shape index (κ3) is 3.47. The van der Waals surface area contributed by atoms with Crippen LogP contribution in [0.5, 0.6) is 0 Å². The molecule has 5 nitrogen and oxygen atoms in total. The highest BCUT2D eigenvalue weighted by Gasteiger charge is 2.21. The van der Waals surface area contributed by atoms with Crippen LogP contribution in [0.2, 0.25) is 0 Å². The number of fused-ring (bicyclic) bond motifs is 1. The van der Waals surface area contributed by atoms with E-state index in [2.05, 4.69) is 52.3 Å². The molecule has 0 radical (unpaired) electrons. The van der Waals surface area contributed by atoms with Crippen LogP contribution in [0.25, 0.3) is 15.7 Å². The third-order valence-electron chi connectivity index (χ3n) is 3.44. The van der Waals surface area contributed by atoms with Gasteiger partial charge in [0, 0.05) is 23.3 Å². The van der Waals surface area contributed by atoms with Gasteiger partial charge in [-0.25, -0.2) is 15.0 Å². The van der Waals surface area contributed by atoms with Gasteiger partial charge in [-0.1, -0.05) is 6.07 Å². The van der Waals surface area contributed by atoms with Crippen molar-refractivity contribution in [3.63, 3.8) is 0 Å². The lowest BCUT2D eigenvalue weighted by atomic mass is 10.1. The topological polar surface area (TPSA) is 55.1 Å². The molecule has 0 aliphatic carbocycles. The number of rotatable bonds is 2. The molecule has 0 fully saturated rings. The molecule has 0 spiro atoms. The highest BCUT2D eigenvalue weighted by molar-refractivity contribution is 7.16. The van der Waals surface area contributed by atoms with Crippen LogP contribution in [-0.4, -0.2) is 24.9 Å². The Labute approximate surface area is 159 Å². The van der Waals surface area contributed by atoms with Gasteiger partial charge in [0.25, 0.3) is 0 Å². The average Bonchev–Trinajstić information content (AvgIpc) is 3.30. The number of nitrogens with one attached hydrogen (secondary N) is 1. The van der Waals surface area contributed by atoms with Crippen molar-refractivity contribution in [1.29, 1.82) is 0 Å². The van der Waals surface area contributed by atoms with Crippen molar-refractivity contribution >= 4 is 33.5 Å². The van der Waals surface area contributed by atoms with Crippen LogP contribution in [0.1, 0.15) is 31.3 Å². The Morgan fingerprint density at radius 3 is 2.81 bits per heavy atom. The molecule has 0 saturated carbocycles. The largest absolute Gasteiger partial charge is 0.365 e. The molecule has 4 aromatic heterocycles. The smallest absolute Gasteiger partial charge is 0.195 e. The second-order valence-electron chi connectivity index (χ2n) is 6.73. The van der Waals surface area contributed by atoms with E-state index in [1.165, 1.54) is 0 Å². The molecule has 130 valence electrons. The maximum Gasteiger partial charge on any atom is 0.195 e. The molecule has 0 bridgehead atoms. The van der Waals surface area contributed by atoms with Gasteiger partial charge in [0.2, 0.25) is 0 Å². The summed E-state index contributed by atoms with van der Waals surface area (Å²) in [5.74, 6) is 7.17. The van der Waals surface area contributed by atoms with Crippen LogP contribution in [0.15, 0.2) is 42.2 Å². The highest BCUT2D eigenvalue weighted by atomic mass is 32.1. The van der Waals surface area contributed by atoms with E-state index < -0.39 is 0 Å². The van der Waals surface area contributed by atoms with Crippen LogP contribution >= 0.6 is 22.7 Å². The summed E-state index contributed by atoms with van der Waals surface area (Å²) in [6, 6.07) is 5.70. The van der Waals surface area contributed by atoms with Gasteiger partial charge in [0.1, 0.15) is 22.2 Å². The lowest BCUT2D eigenvalue weighted by Crippen LogP contribution is -2.27. The fourth-order valence-corrected chi connectivity index (χ4v) is 3.89.